The van der Waals surface area contributed by atoms with E-state index in [2.05, 4.69) is 15.3 Å². The van der Waals surface area contributed by atoms with Crippen LogP contribution in [-0.2, 0) is 4.74 Å². The number of aromatic nitrogens is 2. The summed E-state index contributed by atoms with van der Waals surface area (Å²) >= 11 is 0. The summed E-state index contributed by atoms with van der Waals surface area (Å²) in [4.78, 5) is 36.5. The smallest absolute Gasteiger partial charge is 0.409 e. The fourth-order valence-electron chi connectivity index (χ4n) is 2.82. The van der Waals surface area contributed by atoms with Gasteiger partial charge in [0.05, 0.1) is 29.0 Å². The molecular weight excluding hydrogens is 334 g/mol. The average molecular weight is 357 g/mol. The van der Waals surface area contributed by atoms with Gasteiger partial charge in [0.1, 0.15) is 0 Å². The molecule has 1 aliphatic heterocycles. The first-order valence-corrected chi connectivity index (χ1v) is 8.70. The van der Waals surface area contributed by atoms with Crippen molar-refractivity contribution >= 4 is 28.8 Å². The van der Waals surface area contributed by atoms with E-state index < -0.39 is 0 Å². The number of nitrogens with zero attached hydrogens (tertiary/aromatic N) is 4. The molecule has 1 fully saturated rings. The van der Waals surface area contributed by atoms with Crippen LogP contribution in [0, 0.1) is 13.8 Å². The molecule has 8 heteroatoms. The predicted octanol–water partition coefficient (Wildman–Crippen LogP) is 2.55. The number of carbonyl (C=O) groups is 2. The standard InChI is InChI=1S/C18H23N5O3/c1-4-26-18(25)23-9-7-22(8-10-23)17(24)21-14-5-6-15-16(11-14)20-13(3)12(2)19-15/h5-6,11H,4,7-10H2,1-3H3,(H,21,24). The Morgan fingerprint density at radius 3 is 2.31 bits per heavy atom. The number of amides is 3. The van der Waals surface area contributed by atoms with Crippen LogP contribution in [-0.4, -0.2) is 64.7 Å². The molecule has 3 amide bonds. The van der Waals surface area contributed by atoms with Crippen molar-refractivity contribution in [3.8, 4) is 0 Å². The van der Waals surface area contributed by atoms with Gasteiger partial charge in [-0.1, -0.05) is 0 Å². The van der Waals surface area contributed by atoms with Gasteiger partial charge in [-0.3, -0.25) is 0 Å². The SMILES string of the molecule is CCOC(=O)N1CCN(C(=O)Nc2ccc3nc(C)c(C)nc3c2)CC1. The lowest BCUT2D eigenvalue weighted by Crippen LogP contribution is -2.51. The molecule has 1 aliphatic rings. The van der Waals surface area contributed by atoms with Gasteiger partial charge in [-0.05, 0) is 39.0 Å². The number of hydrogen-bond acceptors (Lipinski definition) is 5. The molecule has 0 radical (unpaired) electrons. The van der Waals surface area contributed by atoms with E-state index in [1.54, 1.807) is 16.7 Å². The number of aryl methyl sites for hydroxylation is 2. The van der Waals surface area contributed by atoms with E-state index in [4.69, 9.17) is 4.74 Å². The first-order valence-electron chi connectivity index (χ1n) is 8.70. The first kappa shape index (κ1) is 17.9. The minimum atomic E-state index is -0.327. The summed E-state index contributed by atoms with van der Waals surface area (Å²) in [5.74, 6) is 0. The highest BCUT2D eigenvalue weighted by molar-refractivity contribution is 5.92. The second kappa shape index (κ2) is 7.55. The van der Waals surface area contributed by atoms with E-state index in [0.29, 0.717) is 38.5 Å². The molecule has 1 aromatic heterocycles. The predicted molar refractivity (Wildman–Crippen MR) is 98.2 cm³/mol. The zero-order valence-electron chi connectivity index (χ0n) is 15.3. The maximum Gasteiger partial charge on any atom is 0.409 e. The van der Waals surface area contributed by atoms with Gasteiger partial charge in [0.25, 0.3) is 0 Å². The van der Waals surface area contributed by atoms with Gasteiger partial charge in [-0.2, -0.15) is 0 Å². The van der Waals surface area contributed by atoms with Crippen LogP contribution >= 0.6 is 0 Å². The molecular formula is C18H23N5O3. The van der Waals surface area contributed by atoms with E-state index in [0.717, 1.165) is 22.4 Å². The Hall–Kier alpha value is -2.90. The van der Waals surface area contributed by atoms with Crippen molar-refractivity contribution in [2.75, 3.05) is 38.1 Å². The lowest BCUT2D eigenvalue weighted by atomic mass is 10.2. The van der Waals surface area contributed by atoms with E-state index in [1.807, 2.05) is 32.0 Å². The molecule has 0 unspecified atom stereocenters. The topological polar surface area (TPSA) is 87.7 Å². The molecule has 8 nitrogen and oxygen atoms in total. The van der Waals surface area contributed by atoms with Gasteiger partial charge < -0.3 is 19.9 Å². The van der Waals surface area contributed by atoms with E-state index in [-0.39, 0.29) is 12.1 Å². The van der Waals surface area contributed by atoms with Crippen LogP contribution in [0.25, 0.3) is 11.0 Å². The Balaban J connectivity index is 1.62. The number of fused-ring (bicyclic) bond motifs is 1. The summed E-state index contributed by atoms with van der Waals surface area (Å²) in [6.45, 7) is 7.83. The van der Waals surface area contributed by atoms with Gasteiger partial charge in [0.15, 0.2) is 0 Å². The molecule has 138 valence electrons. The Bertz CT molecular complexity index is 831. The zero-order valence-corrected chi connectivity index (χ0v) is 15.3. The highest BCUT2D eigenvalue weighted by atomic mass is 16.6. The van der Waals surface area contributed by atoms with Crippen LogP contribution in [0.4, 0.5) is 15.3 Å². The van der Waals surface area contributed by atoms with Crippen LogP contribution in [0.15, 0.2) is 18.2 Å². The molecule has 0 aliphatic carbocycles. The minimum Gasteiger partial charge on any atom is -0.450 e. The van der Waals surface area contributed by atoms with Crippen LogP contribution in [0.2, 0.25) is 0 Å². The maximum absolute atomic E-state index is 12.5. The molecule has 0 bridgehead atoms. The van der Waals surface area contributed by atoms with Crippen LogP contribution in [0.3, 0.4) is 0 Å². The second-order valence-corrected chi connectivity index (χ2v) is 6.20. The van der Waals surface area contributed by atoms with Crippen LogP contribution in [0.1, 0.15) is 18.3 Å². The molecule has 2 heterocycles. The van der Waals surface area contributed by atoms with E-state index >= 15 is 0 Å². The number of benzene rings is 1. The van der Waals surface area contributed by atoms with Crippen molar-refractivity contribution < 1.29 is 14.3 Å². The van der Waals surface area contributed by atoms with Crippen molar-refractivity contribution in [2.45, 2.75) is 20.8 Å². The Labute approximate surface area is 152 Å². The fourth-order valence-corrected chi connectivity index (χ4v) is 2.82. The molecule has 26 heavy (non-hydrogen) atoms. The van der Waals surface area contributed by atoms with Crippen molar-refractivity contribution in [3.05, 3.63) is 29.6 Å². The quantitative estimate of drug-likeness (QED) is 0.892. The molecule has 3 rings (SSSR count). The third-order valence-electron chi connectivity index (χ3n) is 4.42. The van der Waals surface area contributed by atoms with Crippen molar-refractivity contribution in [2.24, 2.45) is 0 Å². The molecule has 0 saturated carbocycles. The molecule has 0 spiro atoms. The van der Waals surface area contributed by atoms with Crippen LogP contribution in [0.5, 0.6) is 0 Å². The zero-order chi connectivity index (χ0) is 18.7. The monoisotopic (exact) mass is 357 g/mol. The summed E-state index contributed by atoms with van der Waals surface area (Å²) in [7, 11) is 0. The summed E-state index contributed by atoms with van der Waals surface area (Å²) < 4.78 is 4.99. The fraction of sp³-hybridized carbons (Fsp3) is 0.444. The van der Waals surface area contributed by atoms with Gasteiger partial charge >= 0.3 is 12.1 Å². The molecule has 2 aromatic rings. The Kier molecular flexibility index (Phi) is 5.20. The largest absolute Gasteiger partial charge is 0.450 e. The maximum atomic E-state index is 12.5. The number of anilines is 1. The first-order chi connectivity index (χ1) is 12.5. The minimum absolute atomic E-state index is 0.190. The van der Waals surface area contributed by atoms with Gasteiger partial charge in [0.2, 0.25) is 0 Å². The number of urea groups is 1. The van der Waals surface area contributed by atoms with Crippen LogP contribution < -0.4 is 5.32 Å². The third kappa shape index (κ3) is 3.84. The molecule has 1 aromatic carbocycles. The average Bonchev–Trinajstić information content (AvgIpc) is 2.63. The number of piperazine rings is 1. The summed E-state index contributed by atoms with van der Waals surface area (Å²) in [5, 5.41) is 2.89. The number of rotatable bonds is 2. The number of ether oxygens (including phenoxy) is 1. The molecule has 1 N–H and O–H groups in total. The Morgan fingerprint density at radius 1 is 1.04 bits per heavy atom. The van der Waals surface area contributed by atoms with E-state index in [9.17, 15) is 9.59 Å². The number of nitrogens with one attached hydrogen (secondary N) is 1. The highest BCUT2D eigenvalue weighted by Gasteiger charge is 2.24. The van der Waals surface area contributed by atoms with E-state index in [1.165, 1.54) is 0 Å². The summed E-state index contributed by atoms with van der Waals surface area (Å²) in [6.07, 6.45) is -0.327. The summed E-state index contributed by atoms with van der Waals surface area (Å²) in [5.41, 5.74) is 3.99. The molecule has 0 atom stereocenters. The summed E-state index contributed by atoms with van der Waals surface area (Å²) in [6, 6.07) is 5.30. The van der Waals surface area contributed by atoms with Crippen molar-refractivity contribution in [3.63, 3.8) is 0 Å². The second-order valence-electron chi connectivity index (χ2n) is 6.20. The number of carbonyl (C=O) groups excluding carboxylic acids is 2. The molecule has 1 saturated heterocycles. The third-order valence-corrected chi connectivity index (χ3v) is 4.42. The lowest BCUT2D eigenvalue weighted by molar-refractivity contribution is 0.0868. The van der Waals surface area contributed by atoms with Gasteiger partial charge in [-0.25, -0.2) is 19.6 Å². The van der Waals surface area contributed by atoms with Gasteiger partial charge in [0, 0.05) is 31.9 Å². The normalized spacial score (nSPS) is 14.4. The van der Waals surface area contributed by atoms with Crippen molar-refractivity contribution in [1.29, 1.82) is 0 Å². The highest BCUT2D eigenvalue weighted by Crippen LogP contribution is 2.18. The lowest BCUT2D eigenvalue weighted by Gasteiger charge is -2.34. The van der Waals surface area contributed by atoms with Crippen molar-refractivity contribution in [1.82, 2.24) is 19.8 Å². The number of hydrogen-bond donors (Lipinski definition) is 1. The van der Waals surface area contributed by atoms with Gasteiger partial charge in [-0.15, -0.1) is 0 Å². The Morgan fingerprint density at radius 2 is 1.65 bits per heavy atom.